The second-order valence-corrected chi connectivity index (χ2v) is 15.4. The zero-order valence-corrected chi connectivity index (χ0v) is 35.4. The van der Waals surface area contributed by atoms with Gasteiger partial charge in [0.1, 0.15) is 23.0 Å². The molecule has 5 heterocycles. The number of hydrogen-bond acceptors (Lipinski definition) is 8. The molecule has 0 radical (unpaired) electrons. The van der Waals surface area contributed by atoms with Crippen LogP contribution in [-0.2, 0) is 11.2 Å². The van der Waals surface area contributed by atoms with Gasteiger partial charge in [0.2, 0.25) is 11.2 Å². The lowest BCUT2D eigenvalue weighted by Gasteiger charge is -2.40. The highest BCUT2D eigenvalue weighted by Gasteiger charge is 2.82. The standard InChI is InChI=1S/C50H38F6N4O6/c1-63-31-13-5-9-27(23-31)41-35-17-18-36(57-35)42(28-10-6-14-32(24-28)64-2)38-20-22-40(59-38)44(30-12-8-16-34(26-30)66-4)46-48(62,50(54,55)56)47(61,49(51,52)53)45(60-46)43(39-21-19-37(41)58-39)29-11-7-15-33(25-29)65-3/h5-26,58-59,61-62H,1-4H3. The Hall–Kier alpha value is -7.56. The van der Waals surface area contributed by atoms with Gasteiger partial charge in [-0.25, -0.2) is 9.97 Å². The first-order valence-corrected chi connectivity index (χ1v) is 20.2. The molecule has 66 heavy (non-hydrogen) atoms. The van der Waals surface area contributed by atoms with Crippen LogP contribution >= 0.6 is 0 Å². The van der Waals surface area contributed by atoms with Gasteiger partial charge in [0.15, 0.2) is 0 Å². The average molecular weight is 905 g/mol. The van der Waals surface area contributed by atoms with Crippen LogP contribution in [0.3, 0.4) is 0 Å². The maximum absolute atomic E-state index is 16.1. The molecule has 2 unspecified atom stereocenters. The molecule has 7 aromatic rings. The third-order valence-electron chi connectivity index (χ3n) is 11.8. The molecule has 16 heteroatoms. The van der Waals surface area contributed by atoms with Crippen LogP contribution in [0.5, 0.6) is 23.0 Å². The molecule has 0 aliphatic carbocycles. The van der Waals surface area contributed by atoms with Gasteiger partial charge < -0.3 is 39.1 Å². The number of fused-ring (bicyclic) bond motifs is 8. The summed E-state index contributed by atoms with van der Waals surface area (Å²) in [6.07, 6.45) is -8.94. The van der Waals surface area contributed by atoms with E-state index in [1.165, 1.54) is 101 Å². The predicted octanol–water partition coefficient (Wildman–Crippen LogP) is 11.4. The van der Waals surface area contributed by atoms with Gasteiger partial charge >= 0.3 is 12.4 Å². The van der Waals surface area contributed by atoms with E-state index in [0.717, 1.165) is 0 Å². The van der Waals surface area contributed by atoms with Gasteiger partial charge in [-0.2, -0.15) is 26.3 Å². The summed E-state index contributed by atoms with van der Waals surface area (Å²) in [5.41, 5.74) is -12.1. The van der Waals surface area contributed by atoms with Crippen molar-refractivity contribution in [2.75, 3.05) is 28.4 Å². The third kappa shape index (κ3) is 6.91. The van der Waals surface area contributed by atoms with Crippen LogP contribution in [0.1, 0.15) is 22.8 Å². The first kappa shape index (κ1) is 43.7. The van der Waals surface area contributed by atoms with Crippen molar-refractivity contribution in [3.8, 4) is 67.5 Å². The Morgan fingerprint density at radius 1 is 0.424 bits per heavy atom. The monoisotopic (exact) mass is 904 g/mol. The summed E-state index contributed by atoms with van der Waals surface area (Å²) in [7, 11) is 5.57. The number of hydrogen-bond donors (Lipinski definition) is 4. The Labute approximate surface area is 372 Å². The minimum Gasteiger partial charge on any atom is -0.497 e. The van der Waals surface area contributed by atoms with Crippen LogP contribution < -0.4 is 18.9 Å². The fourth-order valence-corrected chi connectivity index (χ4v) is 8.62. The topological polar surface area (TPSA) is 135 Å². The smallest absolute Gasteiger partial charge is 0.426 e. The minimum absolute atomic E-state index is 0.117. The Bertz CT molecular complexity index is 3040. The number of methoxy groups -OCH3 is 4. The molecule has 0 saturated heterocycles. The molecule has 0 fully saturated rings. The highest BCUT2D eigenvalue weighted by molar-refractivity contribution is 5.98. The van der Waals surface area contributed by atoms with Crippen LogP contribution in [0.25, 0.3) is 78.7 Å². The molecule has 10 nitrogen and oxygen atoms in total. The summed E-state index contributed by atoms with van der Waals surface area (Å²) in [6, 6.07) is 30.7. The molecule has 8 bridgehead atoms. The molecule has 2 atom stereocenters. The summed E-state index contributed by atoms with van der Waals surface area (Å²) in [6.45, 7) is 0. The van der Waals surface area contributed by atoms with E-state index >= 15 is 26.3 Å². The van der Waals surface area contributed by atoms with Crippen molar-refractivity contribution >= 4 is 34.2 Å². The molecular formula is C50H38F6N4O6. The number of H-pyrrole nitrogens is 2. The van der Waals surface area contributed by atoms with Crippen molar-refractivity contribution in [1.82, 2.24) is 19.9 Å². The number of alkyl halides is 6. The summed E-state index contributed by atoms with van der Waals surface area (Å²) in [5, 5.41) is 24.7. The fourth-order valence-electron chi connectivity index (χ4n) is 8.62. The number of benzene rings is 4. The lowest BCUT2D eigenvalue weighted by Crippen LogP contribution is -2.63. The number of halogens is 6. The number of aromatic nitrogens is 4. The van der Waals surface area contributed by atoms with Gasteiger partial charge in [-0.3, -0.25) is 0 Å². The van der Waals surface area contributed by atoms with Gasteiger partial charge in [0.05, 0.1) is 51.2 Å². The predicted molar refractivity (Wildman–Crippen MR) is 238 cm³/mol. The van der Waals surface area contributed by atoms with Crippen LogP contribution in [0.15, 0.2) is 121 Å². The van der Waals surface area contributed by atoms with Crippen molar-refractivity contribution in [2.45, 2.75) is 23.6 Å². The molecule has 0 spiro atoms. The quantitative estimate of drug-likeness (QED) is 0.111. The number of nitrogens with zero attached hydrogens (tertiary/aromatic N) is 2. The van der Waals surface area contributed by atoms with Gasteiger partial charge in [-0.1, -0.05) is 48.5 Å². The molecule has 2 aliphatic rings. The number of nitrogens with one attached hydrogen (secondary N) is 2. The lowest BCUT2D eigenvalue weighted by atomic mass is 9.75. The van der Waals surface area contributed by atoms with Crippen molar-refractivity contribution in [1.29, 1.82) is 0 Å². The molecule has 0 saturated carbocycles. The minimum atomic E-state index is -6.23. The SMILES string of the molecule is COc1cccc(-c2c3nc(c(-c4cccc(OC)c4)c4ccc([nH]4)c(-c4cccc(OC)c4)c4nc(c(-c5cccc(OC)c5)c5ccc2[nH]5)C(O)(C(F)(F)F)C4(O)C(F)(F)F)C=C3)c1. The van der Waals surface area contributed by atoms with Crippen LogP contribution in [-0.4, -0.2) is 70.9 Å². The normalized spacial score (nSPS) is 17.2. The van der Waals surface area contributed by atoms with E-state index in [4.69, 9.17) is 23.9 Å². The summed E-state index contributed by atoms with van der Waals surface area (Å²) >= 11 is 0. The summed E-state index contributed by atoms with van der Waals surface area (Å²) in [5.74, 6) is 1.16. The Morgan fingerprint density at radius 2 is 0.712 bits per heavy atom. The zero-order valence-electron chi connectivity index (χ0n) is 35.4. The number of rotatable bonds is 8. The first-order chi connectivity index (χ1) is 31.5. The van der Waals surface area contributed by atoms with E-state index < -0.39 is 46.1 Å². The molecule has 0 amide bonds. The van der Waals surface area contributed by atoms with E-state index in [1.807, 2.05) is 0 Å². The second kappa shape index (κ2) is 16.2. The molecule has 336 valence electrons. The fraction of sp³-hybridized carbons (Fsp3) is 0.160. The van der Waals surface area contributed by atoms with Gasteiger partial charge in [-0.15, -0.1) is 0 Å². The largest absolute Gasteiger partial charge is 0.497 e. The van der Waals surface area contributed by atoms with Crippen LogP contribution in [0.4, 0.5) is 26.3 Å². The molecule has 4 N–H and O–H groups in total. The highest BCUT2D eigenvalue weighted by Crippen LogP contribution is 2.63. The number of aromatic amines is 2. The average Bonchev–Trinajstić information content (AvgIpc) is 4.14. The van der Waals surface area contributed by atoms with Crippen molar-refractivity contribution in [3.63, 3.8) is 0 Å². The maximum Gasteiger partial charge on any atom is 0.426 e. The summed E-state index contributed by atoms with van der Waals surface area (Å²) in [4.78, 5) is 15.6. The van der Waals surface area contributed by atoms with Gasteiger partial charge in [0, 0.05) is 44.3 Å². The van der Waals surface area contributed by atoms with Gasteiger partial charge in [-0.05, 0) is 107 Å². The zero-order chi connectivity index (χ0) is 46.8. The van der Waals surface area contributed by atoms with E-state index in [0.29, 0.717) is 45.1 Å². The molecule has 2 aliphatic heterocycles. The highest BCUT2D eigenvalue weighted by atomic mass is 19.4. The Kier molecular flexibility index (Phi) is 10.7. The van der Waals surface area contributed by atoms with E-state index in [-0.39, 0.29) is 44.7 Å². The third-order valence-corrected chi connectivity index (χ3v) is 11.8. The molecule has 9 rings (SSSR count). The van der Waals surface area contributed by atoms with E-state index in [2.05, 4.69) is 15.0 Å². The van der Waals surface area contributed by atoms with Crippen LogP contribution in [0, 0.1) is 0 Å². The maximum atomic E-state index is 16.1. The van der Waals surface area contributed by atoms with E-state index in [9.17, 15) is 10.2 Å². The van der Waals surface area contributed by atoms with Gasteiger partial charge in [0.25, 0.3) is 0 Å². The molecular weight excluding hydrogens is 867 g/mol. The number of ether oxygens (including phenoxy) is 4. The first-order valence-electron chi connectivity index (χ1n) is 20.2. The van der Waals surface area contributed by atoms with Crippen LogP contribution in [0.2, 0.25) is 0 Å². The molecule has 3 aromatic heterocycles. The molecule has 4 aromatic carbocycles. The van der Waals surface area contributed by atoms with Crippen molar-refractivity contribution in [2.24, 2.45) is 0 Å². The Balaban J connectivity index is 1.60. The lowest BCUT2D eigenvalue weighted by molar-refractivity contribution is -0.394. The second-order valence-electron chi connectivity index (χ2n) is 15.4. The van der Waals surface area contributed by atoms with E-state index in [1.54, 1.807) is 60.7 Å². The summed E-state index contributed by atoms with van der Waals surface area (Å²) < 4.78 is 119. The number of aliphatic hydroxyl groups is 2. The van der Waals surface area contributed by atoms with Crippen molar-refractivity contribution in [3.05, 3.63) is 144 Å². The Morgan fingerprint density at radius 3 is 1.00 bits per heavy atom. The van der Waals surface area contributed by atoms with Crippen molar-refractivity contribution < 1.29 is 55.5 Å².